The number of carbonyl (C=O) groups is 2. The summed E-state index contributed by atoms with van der Waals surface area (Å²) in [5.41, 5.74) is -0.537. The molecule has 1 fully saturated rings. The maximum Gasteiger partial charge on any atom is 0.325 e. The highest BCUT2D eigenvalue weighted by molar-refractivity contribution is 6.01. The molecule has 2 rings (SSSR count). The second-order valence-electron chi connectivity index (χ2n) is 4.69. The molecule has 8 heteroatoms. The lowest BCUT2D eigenvalue weighted by Crippen LogP contribution is -2.42. The van der Waals surface area contributed by atoms with Crippen LogP contribution in [0.5, 0.6) is 0 Å². The van der Waals surface area contributed by atoms with Crippen molar-refractivity contribution in [3.8, 4) is 0 Å². The molecule has 0 unspecified atom stereocenters. The number of urea groups is 1. The van der Waals surface area contributed by atoms with Crippen molar-refractivity contribution in [3.05, 3.63) is 29.6 Å². The number of carbonyl (C=O) groups excluding carboxylic acids is 2. The summed E-state index contributed by atoms with van der Waals surface area (Å²) in [5, 5.41) is 7.11. The fraction of sp³-hybridized carbons (Fsp3) is 0.385. The summed E-state index contributed by atoms with van der Waals surface area (Å²) in [6.45, 7) is 1.36. The van der Waals surface area contributed by atoms with Crippen LogP contribution in [0.4, 0.5) is 23.7 Å². The predicted octanol–water partition coefficient (Wildman–Crippen LogP) is 1.75. The Balaban J connectivity index is 1.95. The summed E-state index contributed by atoms with van der Waals surface area (Å²) in [5.74, 6) is -5.33. The Bertz CT molecular complexity index is 560. The Morgan fingerprint density at radius 2 is 1.76 bits per heavy atom. The maximum absolute atomic E-state index is 13.4. The molecule has 1 aromatic carbocycles. The number of benzene rings is 1. The Labute approximate surface area is 118 Å². The van der Waals surface area contributed by atoms with Gasteiger partial charge < -0.3 is 10.6 Å². The van der Waals surface area contributed by atoms with E-state index in [0.717, 1.165) is 6.07 Å². The molecule has 3 amide bonds. The molecule has 0 aliphatic carbocycles. The van der Waals surface area contributed by atoms with Gasteiger partial charge in [-0.15, -0.1) is 0 Å². The van der Waals surface area contributed by atoms with Crippen LogP contribution < -0.4 is 16.0 Å². The topological polar surface area (TPSA) is 70.2 Å². The molecule has 1 saturated heterocycles. The lowest BCUT2D eigenvalue weighted by atomic mass is 9.97. The van der Waals surface area contributed by atoms with Crippen molar-refractivity contribution in [2.45, 2.75) is 12.8 Å². The molecule has 1 aliphatic heterocycles. The van der Waals surface area contributed by atoms with Gasteiger partial charge in [0.1, 0.15) is 0 Å². The number of imide groups is 1. The van der Waals surface area contributed by atoms with Crippen molar-refractivity contribution >= 4 is 17.6 Å². The third-order valence-corrected chi connectivity index (χ3v) is 3.23. The molecule has 0 saturated carbocycles. The molecular formula is C13H14F3N3O2. The van der Waals surface area contributed by atoms with Crippen LogP contribution in [0.2, 0.25) is 0 Å². The minimum Gasteiger partial charge on any atom is -0.317 e. The largest absolute Gasteiger partial charge is 0.325 e. The standard InChI is InChI=1S/C13H14F3N3O2/c14-8-1-2-9(11(16)10(8)15)18-13(21)19-12(20)7-3-5-17-6-4-7/h1-2,7,17H,3-6H2,(H2,18,19,20,21). The molecular weight excluding hydrogens is 287 g/mol. The first-order chi connectivity index (χ1) is 9.99. The van der Waals surface area contributed by atoms with E-state index in [1.807, 2.05) is 5.32 Å². The Morgan fingerprint density at radius 3 is 2.43 bits per heavy atom. The fourth-order valence-corrected chi connectivity index (χ4v) is 2.07. The summed E-state index contributed by atoms with van der Waals surface area (Å²) in [6, 6.07) is 0.578. The Kier molecular flexibility index (Phi) is 4.79. The zero-order chi connectivity index (χ0) is 15.4. The second-order valence-corrected chi connectivity index (χ2v) is 4.69. The van der Waals surface area contributed by atoms with Crippen LogP contribution in [0.25, 0.3) is 0 Å². The first kappa shape index (κ1) is 15.3. The maximum atomic E-state index is 13.4. The third-order valence-electron chi connectivity index (χ3n) is 3.23. The number of halogens is 3. The van der Waals surface area contributed by atoms with Crippen LogP contribution in [0.15, 0.2) is 12.1 Å². The normalized spacial score (nSPS) is 15.6. The van der Waals surface area contributed by atoms with E-state index in [4.69, 9.17) is 0 Å². The predicted molar refractivity (Wildman–Crippen MR) is 69.1 cm³/mol. The van der Waals surface area contributed by atoms with Crippen LogP contribution >= 0.6 is 0 Å². The lowest BCUT2D eigenvalue weighted by Gasteiger charge is -2.21. The number of amides is 3. The fourth-order valence-electron chi connectivity index (χ4n) is 2.07. The number of anilines is 1. The van der Waals surface area contributed by atoms with E-state index in [1.165, 1.54) is 0 Å². The van der Waals surface area contributed by atoms with Crippen molar-refractivity contribution < 1.29 is 22.8 Å². The van der Waals surface area contributed by atoms with E-state index >= 15 is 0 Å². The third kappa shape index (κ3) is 3.72. The van der Waals surface area contributed by atoms with Gasteiger partial charge >= 0.3 is 6.03 Å². The number of hydrogen-bond acceptors (Lipinski definition) is 3. The molecule has 0 aromatic heterocycles. The molecule has 5 nitrogen and oxygen atoms in total. The zero-order valence-electron chi connectivity index (χ0n) is 11.0. The zero-order valence-corrected chi connectivity index (χ0v) is 11.0. The van der Waals surface area contributed by atoms with E-state index in [2.05, 4.69) is 10.6 Å². The van der Waals surface area contributed by atoms with Gasteiger partial charge in [0.05, 0.1) is 5.69 Å². The molecule has 0 bridgehead atoms. The lowest BCUT2D eigenvalue weighted by molar-refractivity contribution is -0.124. The van der Waals surface area contributed by atoms with Gasteiger partial charge in [0.25, 0.3) is 0 Å². The van der Waals surface area contributed by atoms with Crippen molar-refractivity contribution in [1.29, 1.82) is 0 Å². The van der Waals surface area contributed by atoms with Crippen molar-refractivity contribution in [2.24, 2.45) is 5.92 Å². The van der Waals surface area contributed by atoms with Gasteiger partial charge in [0.2, 0.25) is 5.91 Å². The summed E-state index contributed by atoms with van der Waals surface area (Å²) >= 11 is 0. The highest BCUT2D eigenvalue weighted by atomic mass is 19.2. The molecule has 1 aromatic rings. The van der Waals surface area contributed by atoms with Crippen LogP contribution in [0, 0.1) is 23.4 Å². The van der Waals surface area contributed by atoms with E-state index in [1.54, 1.807) is 0 Å². The molecule has 0 atom stereocenters. The minimum absolute atomic E-state index is 0.299. The molecule has 0 spiro atoms. The molecule has 114 valence electrons. The molecule has 3 N–H and O–H groups in total. The highest BCUT2D eigenvalue weighted by Crippen LogP contribution is 2.19. The molecule has 1 aliphatic rings. The van der Waals surface area contributed by atoms with Crippen molar-refractivity contribution in [1.82, 2.24) is 10.6 Å². The van der Waals surface area contributed by atoms with Crippen LogP contribution in [0.1, 0.15) is 12.8 Å². The van der Waals surface area contributed by atoms with Crippen LogP contribution in [0.3, 0.4) is 0 Å². The summed E-state index contributed by atoms with van der Waals surface area (Å²) < 4.78 is 39.1. The minimum atomic E-state index is -1.68. The van der Waals surface area contributed by atoms with E-state index in [0.29, 0.717) is 32.0 Å². The summed E-state index contributed by atoms with van der Waals surface area (Å²) in [7, 11) is 0. The average Bonchev–Trinajstić information content (AvgIpc) is 2.49. The second kappa shape index (κ2) is 6.57. The Hall–Kier alpha value is -2.09. The van der Waals surface area contributed by atoms with Gasteiger partial charge in [0, 0.05) is 5.92 Å². The van der Waals surface area contributed by atoms with Crippen molar-refractivity contribution in [3.63, 3.8) is 0 Å². The van der Waals surface area contributed by atoms with Crippen molar-refractivity contribution in [2.75, 3.05) is 18.4 Å². The smallest absolute Gasteiger partial charge is 0.317 e. The number of nitrogens with one attached hydrogen (secondary N) is 3. The van der Waals surface area contributed by atoms with Gasteiger partial charge in [0.15, 0.2) is 17.5 Å². The number of hydrogen-bond donors (Lipinski definition) is 3. The van der Waals surface area contributed by atoms with Gasteiger partial charge in [-0.1, -0.05) is 0 Å². The van der Waals surface area contributed by atoms with Gasteiger partial charge in [-0.05, 0) is 38.1 Å². The first-order valence-electron chi connectivity index (χ1n) is 6.45. The molecule has 21 heavy (non-hydrogen) atoms. The van der Waals surface area contributed by atoms with E-state index < -0.39 is 35.1 Å². The number of piperidine rings is 1. The molecule has 1 heterocycles. The summed E-state index contributed by atoms with van der Waals surface area (Å²) in [4.78, 5) is 23.3. The molecule has 0 radical (unpaired) electrons. The quantitative estimate of drug-likeness (QED) is 0.729. The van der Waals surface area contributed by atoms with E-state index in [9.17, 15) is 22.8 Å². The SMILES string of the molecule is O=C(NC(=O)C1CCNCC1)Nc1ccc(F)c(F)c1F. The van der Waals surface area contributed by atoms with Gasteiger partial charge in [-0.3, -0.25) is 10.1 Å². The number of rotatable bonds is 2. The van der Waals surface area contributed by atoms with E-state index in [-0.39, 0.29) is 5.92 Å². The van der Waals surface area contributed by atoms with Gasteiger partial charge in [-0.2, -0.15) is 0 Å². The van der Waals surface area contributed by atoms with Crippen LogP contribution in [-0.4, -0.2) is 25.0 Å². The van der Waals surface area contributed by atoms with Crippen LogP contribution in [-0.2, 0) is 4.79 Å². The highest BCUT2D eigenvalue weighted by Gasteiger charge is 2.23. The van der Waals surface area contributed by atoms with Gasteiger partial charge in [-0.25, -0.2) is 18.0 Å². The average molecular weight is 301 g/mol. The summed E-state index contributed by atoms with van der Waals surface area (Å²) in [6.07, 6.45) is 1.19. The Morgan fingerprint density at radius 1 is 1.10 bits per heavy atom. The monoisotopic (exact) mass is 301 g/mol. The first-order valence-corrected chi connectivity index (χ1v) is 6.45.